The number of ketones is 1. The third-order valence-electron chi connectivity index (χ3n) is 7.77. The van der Waals surface area contributed by atoms with Crippen LogP contribution in [-0.4, -0.2) is 55.7 Å². The maximum Gasteiger partial charge on any atom is 0.449 e. The van der Waals surface area contributed by atoms with E-state index in [2.05, 4.69) is 6.92 Å². The Hall–Kier alpha value is -2.87. The molecule has 0 heterocycles. The minimum atomic E-state index is -4.83. The molecule has 0 N–H and O–H groups in total. The third-order valence-corrected chi connectivity index (χ3v) is 7.77. The van der Waals surface area contributed by atoms with Gasteiger partial charge >= 0.3 is 6.18 Å². The number of benzene rings is 2. The summed E-state index contributed by atoms with van der Waals surface area (Å²) in [7, 11) is 1.92. The zero-order valence-electron chi connectivity index (χ0n) is 25.4. The number of rotatable bonds is 22. The van der Waals surface area contributed by atoms with Crippen molar-refractivity contribution in [2.75, 3.05) is 33.3 Å². The molecule has 42 heavy (non-hydrogen) atoms. The van der Waals surface area contributed by atoms with Crippen molar-refractivity contribution in [2.45, 2.75) is 96.6 Å². The van der Waals surface area contributed by atoms with E-state index < -0.39 is 24.3 Å². The van der Waals surface area contributed by atoms with Gasteiger partial charge in [-0.15, -0.1) is 0 Å². The smallest absolute Gasteiger partial charge is 0.449 e. The van der Waals surface area contributed by atoms with E-state index in [-0.39, 0.29) is 19.6 Å². The molecular formula is C34H48F3NO4. The number of aryl methyl sites for hydroxylation is 1. The molecule has 2 rings (SSSR count). The molecule has 0 bridgehead atoms. The Morgan fingerprint density at radius 2 is 1.45 bits per heavy atom. The lowest BCUT2D eigenvalue weighted by Crippen LogP contribution is -2.53. The predicted octanol–water partition coefficient (Wildman–Crippen LogP) is 6.84. The van der Waals surface area contributed by atoms with Crippen molar-refractivity contribution in [3.63, 3.8) is 0 Å². The van der Waals surface area contributed by atoms with Crippen molar-refractivity contribution in [1.82, 2.24) is 0 Å². The molecule has 0 aliphatic rings. The van der Waals surface area contributed by atoms with E-state index in [1.807, 2.05) is 37.4 Å². The Morgan fingerprint density at radius 3 is 2.05 bits per heavy atom. The number of ether oxygens (including phenoxy) is 1. The minimum absolute atomic E-state index is 0.0140. The van der Waals surface area contributed by atoms with Crippen LogP contribution in [-0.2, 0) is 22.4 Å². The van der Waals surface area contributed by atoms with Gasteiger partial charge in [-0.1, -0.05) is 101 Å². The molecule has 2 aromatic carbocycles. The van der Waals surface area contributed by atoms with Gasteiger partial charge in [0, 0.05) is 12.8 Å². The SMILES string of the molecule is CCCCCCCCCCCC[N+](C)(CCOc1ccc(CCC(=O)C(F)(F)F)cc1Cc1ccccc1)CC(=O)[O-]. The largest absolute Gasteiger partial charge is 0.544 e. The lowest BCUT2D eigenvalue weighted by molar-refractivity contribution is -0.904. The summed E-state index contributed by atoms with van der Waals surface area (Å²) in [6.45, 7) is 3.62. The molecule has 2 aromatic rings. The first kappa shape index (κ1) is 35.3. The zero-order chi connectivity index (χ0) is 30.8. The average molecular weight is 592 g/mol. The number of carboxylic acids is 1. The number of carboxylic acid groups (broad SMARTS) is 1. The molecule has 0 spiro atoms. The number of carbonyl (C=O) groups is 2. The Balaban J connectivity index is 1.95. The molecule has 0 radical (unpaired) electrons. The number of likely N-dealkylation sites (N-methyl/N-ethyl adjacent to an activating group) is 1. The van der Waals surface area contributed by atoms with Crippen LogP contribution >= 0.6 is 0 Å². The topological polar surface area (TPSA) is 66.4 Å². The van der Waals surface area contributed by atoms with Crippen molar-refractivity contribution in [1.29, 1.82) is 0 Å². The van der Waals surface area contributed by atoms with Gasteiger partial charge in [0.1, 0.15) is 25.4 Å². The highest BCUT2D eigenvalue weighted by Crippen LogP contribution is 2.26. The predicted molar refractivity (Wildman–Crippen MR) is 158 cm³/mol. The summed E-state index contributed by atoms with van der Waals surface area (Å²) in [5.41, 5.74) is 2.45. The Labute approximate surface area is 249 Å². The second-order valence-corrected chi connectivity index (χ2v) is 11.7. The van der Waals surface area contributed by atoms with Crippen LogP contribution in [0.15, 0.2) is 48.5 Å². The lowest BCUT2D eigenvalue weighted by atomic mass is 9.99. The van der Waals surface area contributed by atoms with E-state index in [1.165, 1.54) is 44.9 Å². The van der Waals surface area contributed by atoms with Crippen molar-refractivity contribution < 1.29 is 37.1 Å². The molecule has 0 aromatic heterocycles. The van der Waals surface area contributed by atoms with Crippen molar-refractivity contribution in [2.24, 2.45) is 0 Å². The average Bonchev–Trinajstić information content (AvgIpc) is 2.93. The van der Waals surface area contributed by atoms with E-state index in [1.54, 1.807) is 18.2 Å². The fraction of sp³-hybridized carbons (Fsp3) is 0.588. The van der Waals surface area contributed by atoms with Gasteiger partial charge in [0.25, 0.3) is 0 Å². The van der Waals surface area contributed by atoms with Gasteiger partial charge in [0.15, 0.2) is 0 Å². The van der Waals surface area contributed by atoms with Gasteiger partial charge < -0.3 is 19.1 Å². The highest BCUT2D eigenvalue weighted by Gasteiger charge is 2.37. The molecule has 5 nitrogen and oxygen atoms in total. The molecule has 0 fully saturated rings. The molecule has 0 aliphatic carbocycles. The van der Waals surface area contributed by atoms with Crippen LogP contribution in [0.4, 0.5) is 13.2 Å². The normalized spacial score (nSPS) is 13.1. The van der Waals surface area contributed by atoms with Gasteiger partial charge in [-0.25, -0.2) is 0 Å². The number of hydrogen-bond acceptors (Lipinski definition) is 4. The second-order valence-electron chi connectivity index (χ2n) is 11.7. The van der Waals surface area contributed by atoms with Gasteiger partial charge in [-0.05, 0) is 42.0 Å². The molecule has 0 amide bonds. The summed E-state index contributed by atoms with van der Waals surface area (Å²) < 4.78 is 44.5. The van der Waals surface area contributed by atoms with Crippen LogP contribution in [0.2, 0.25) is 0 Å². The first-order valence-electron chi connectivity index (χ1n) is 15.4. The summed E-state index contributed by atoms with van der Waals surface area (Å²) in [6.07, 6.45) is 7.16. The van der Waals surface area contributed by atoms with Crippen LogP contribution in [0.5, 0.6) is 5.75 Å². The van der Waals surface area contributed by atoms with Crippen LogP contribution in [0.3, 0.4) is 0 Å². The first-order valence-corrected chi connectivity index (χ1v) is 15.4. The number of hydrogen-bond donors (Lipinski definition) is 0. The highest BCUT2D eigenvalue weighted by molar-refractivity contribution is 5.84. The van der Waals surface area contributed by atoms with Crippen molar-refractivity contribution >= 4 is 11.8 Å². The quantitative estimate of drug-likeness (QED) is 0.111. The second kappa shape index (κ2) is 18.6. The number of carbonyl (C=O) groups excluding carboxylic acids is 2. The summed E-state index contributed by atoms with van der Waals surface area (Å²) >= 11 is 0. The van der Waals surface area contributed by atoms with Gasteiger partial charge in [-0.3, -0.25) is 4.79 Å². The van der Waals surface area contributed by atoms with Crippen molar-refractivity contribution in [3.05, 3.63) is 65.2 Å². The Morgan fingerprint density at radius 1 is 0.833 bits per heavy atom. The Bertz CT molecular complexity index is 1070. The van der Waals surface area contributed by atoms with E-state index in [0.29, 0.717) is 28.8 Å². The molecular weight excluding hydrogens is 543 g/mol. The maximum atomic E-state index is 12.7. The van der Waals surface area contributed by atoms with Crippen LogP contribution in [0, 0.1) is 0 Å². The molecule has 0 saturated heterocycles. The number of halogens is 3. The van der Waals surface area contributed by atoms with E-state index in [4.69, 9.17) is 4.74 Å². The fourth-order valence-corrected chi connectivity index (χ4v) is 5.22. The number of Topliss-reactive ketones (excluding diaryl/α,β-unsaturated/α-hetero) is 1. The number of unbranched alkanes of at least 4 members (excludes halogenated alkanes) is 9. The molecule has 1 unspecified atom stereocenters. The highest BCUT2D eigenvalue weighted by atomic mass is 19.4. The van der Waals surface area contributed by atoms with E-state index >= 15 is 0 Å². The molecule has 234 valence electrons. The summed E-state index contributed by atoms with van der Waals surface area (Å²) in [4.78, 5) is 22.9. The standard InChI is InChI=1S/C34H48F3NO4/c1-3-4-5-6-7-8-9-10-11-15-22-38(2,27-33(40)41)23-24-42-31-20-18-29(19-21-32(39)34(35,36)37)26-30(31)25-28-16-13-12-14-17-28/h12-14,16-18,20,26H,3-11,15,19,21-25,27H2,1-2H3. The van der Waals surface area contributed by atoms with E-state index in [0.717, 1.165) is 36.9 Å². The molecule has 0 saturated carbocycles. The van der Waals surface area contributed by atoms with Gasteiger partial charge in [0.05, 0.1) is 19.6 Å². The molecule has 8 heteroatoms. The monoisotopic (exact) mass is 591 g/mol. The van der Waals surface area contributed by atoms with E-state index in [9.17, 15) is 27.9 Å². The zero-order valence-corrected chi connectivity index (χ0v) is 25.4. The third kappa shape index (κ3) is 14.3. The van der Waals surface area contributed by atoms with Gasteiger partial charge in [-0.2, -0.15) is 13.2 Å². The lowest BCUT2D eigenvalue weighted by Gasteiger charge is -2.35. The number of quaternary nitrogens is 1. The van der Waals surface area contributed by atoms with Crippen LogP contribution in [0.25, 0.3) is 0 Å². The summed E-state index contributed by atoms with van der Waals surface area (Å²) in [5.74, 6) is -2.23. The maximum absolute atomic E-state index is 12.7. The molecule has 0 aliphatic heterocycles. The fourth-order valence-electron chi connectivity index (χ4n) is 5.22. The molecule has 1 atom stereocenters. The summed E-state index contributed by atoms with van der Waals surface area (Å²) in [5, 5.41) is 11.5. The van der Waals surface area contributed by atoms with Gasteiger partial charge in [0.2, 0.25) is 5.78 Å². The number of alkyl halides is 3. The van der Waals surface area contributed by atoms with Crippen LogP contribution in [0.1, 0.15) is 94.2 Å². The number of nitrogens with zero attached hydrogens (tertiary/aromatic N) is 1. The first-order chi connectivity index (χ1) is 20.0. The summed E-state index contributed by atoms with van der Waals surface area (Å²) in [6, 6.07) is 14.9. The van der Waals surface area contributed by atoms with Crippen molar-refractivity contribution in [3.8, 4) is 5.75 Å². The Kier molecular flexibility index (Phi) is 15.7. The minimum Gasteiger partial charge on any atom is -0.544 e. The van der Waals surface area contributed by atoms with Crippen LogP contribution < -0.4 is 9.84 Å². The number of aliphatic carboxylic acids is 1.